The van der Waals surface area contributed by atoms with Crippen LogP contribution in [0, 0.1) is 6.92 Å². The number of aryl methyl sites for hydroxylation is 2. The fourth-order valence-electron chi connectivity index (χ4n) is 1.89. The van der Waals surface area contributed by atoms with Gasteiger partial charge in [-0.15, -0.1) is 0 Å². The highest BCUT2D eigenvalue weighted by Crippen LogP contribution is 2.20. The van der Waals surface area contributed by atoms with Crippen molar-refractivity contribution in [2.45, 2.75) is 20.3 Å². The van der Waals surface area contributed by atoms with Crippen molar-refractivity contribution in [2.24, 2.45) is 0 Å². The van der Waals surface area contributed by atoms with Gasteiger partial charge in [-0.05, 0) is 30.5 Å². The van der Waals surface area contributed by atoms with Gasteiger partial charge in [-0.2, -0.15) is 0 Å². The third kappa shape index (κ3) is 3.62. The molecular weight excluding hydrogens is 268 g/mol. The van der Waals surface area contributed by atoms with Gasteiger partial charge in [0.25, 0.3) is 0 Å². The first kappa shape index (κ1) is 14.6. The van der Waals surface area contributed by atoms with Gasteiger partial charge in [0.2, 0.25) is 5.95 Å². The van der Waals surface area contributed by atoms with E-state index in [1.165, 1.54) is 12.4 Å². The lowest BCUT2D eigenvalue weighted by atomic mass is 10.1. The van der Waals surface area contributed by atoms with Gasteiger partial charge in [0.1, 0.15) is 0 Å². The van der Waals surface area contributed by atoms with Crippen molar-refractivity contribution in [3.8, 4) is 0 Å². The van der Waals surface area contributed by atoms with E-state index >= 15 is 0 Å². The third-order valence-corrected chi connectivity index (χ3v) is 2.98. The van der Waals surface area contributed by atoms with E-state index < -0.39 is 11.8 Å². The normalized spacial score (nSPS) is 10.0. The zero-order valence-electron chi connectivity index (χ0n) is 11.9. The Balaban J connectivity index is 2.10. The van der Waals surface area contributed by atoms with Crippen molar-refractivity contribution in [1.29, 1.82) is 0 Å². The lowest BCUT2D eigenvalue weighted by molar-refractivity contribution is -0.133. The highest BCUT2D eigenvalue weighted by molar-refractivity contribution is 6.43. The fourth-order valence-corrected chi connectivity index (χ4v) is 1.89. The molecule has 0 bridgehead atoms. The minimum Gasteiger partial charge on any atom is -0.317 e. The van der Waals surface area contributed by atoms with Gasteiger partial charge < -0.3 is 5.32 Å². The molecule has 0 spiro atoms. The number of carbonyl (C=O) groups is 2. The van der Waals surface area contributed by atoms with Crippen LogP contribution in [0.2, 0.25) is 0 Å². The molecule has 2 rings (SSSR count). The third-order valence-electron chi connectivity index (χ3n) is 2.98. The molecule has 1 heterocycles. The van der Waals surface area contributed by atoms with Crippen molar-refractivity contribution in [1.82, 2.24) is 9.97 Å². The van der Waals surface area contributed by atoms with Gasteiger partial charge in [-0.3, -0.25) is 14.9 Å². The number of anilines is 2. The summed E-state index contributed by atoms with van der Waals surface area (Å²) in [5.74, 6) is -1.45. The Morgan fingerprint density at radius 1 is 1.05 bits per heavy atom. The highest BCUT2D eigenvalue weighted by Gasteiger charge is 2.17. The summed E-state index contributed by atoms with van der Waals surface area (Å²) < 4.78 is 0. The molecule has 0 saturated heterocycles. The smallest absolute Gasteiger partial charge is 0.316 e. The molecule has 0 atom stereocenters. The summed E-state index contributed by atoms with van der Waals surface area (Å²) in [6.07, 6.45) is 3.73. The molecule has 1 aromatic heterocycles. The van der Waals surface area contributed by atoms with Crippen molar-refractivity contribution in [3.05, 3.63) is 47.8 Å². The van der Waals surface area contributed by atoms with E-state index in [1.807, 2.05) is 32.0 Å². The molecule has 0 radical (unpaired) electrons. The molecule has 0 saturated carbocycles. The molecule has 108 valence electrons. The Bertz CT molecular complexity index is 656. The molecule has 0 aliphatic heterocycles. The number of hydrogen-bond donors (Lipinski definition) is 2. The maximum absolute atomic E-state index is 12.0. The van der Waals surface area contributed by atoms with Gasteiger partial charge in [-0.1, -0.05) is 25.1 Å². The molecule has 2 amide bonds. The summed E-state index contributed by atoms with van der Waals surface area (Å²) >= 11 is 0. The maximum atomic E-state index is 12.0. The average molecular weight is 284 g/mol. The van der Waals surface area contributed by atoms with Crippen LogP contribution in [0.25, 0.3) is 0 Å². The van der Waals surface area contributed by atoms with Crippen LogP contribution in [-0.2, 0) is 16.0 Å². The number of aromatic nitrogens is 2. The second-order valence-corrected chi connectivity index (χ2v) is 4.44. The number of amides is 2. The molecule has 0 unspecified atom stereocenters. The van der Waals surface area contributed by atoms with Crippen molar-refractivity contribution >= 4 is 23.5 Å². The first-order valence-electron chi connectivity index (χ1n) is 6.59. The van der Waals surface area contributed by atoms with Gasteiger partial charge in [0.15, 0.2) is 0 Å². The van der Waals surface area contributed by atoms with Gasteiger partial charge in [0, 0.05) is 18.1 Å². The van der Waals surface area contributed by atoms with E-state index in [0.29, 0.717) is 5.69 Å². The van der Waals surface area contributed by atoms with Crippen molar-refractivity contribution in [2.75, 3.05) is 10.6 Å². The molecule has 21 heavy (non-hydrogen) atoms. The SMILES string of the molecule is CCc1cccc(C)c1NC(=O)C(=O)Nc1ncccn1. The van der Waals surface area contributed by atoms with Crippen LogP contribution in [-0.4, -0.2) is 21.8 Å². The molecule has 0 aliphatic carbocycles. The first-order valence-corrected chi connectivity index (χ1v) is 6.59. The van der Waals surface area contributed by atoms with E-state index in [0.717, 1.165) is 17.5 Å². The molecule has 0 fully saturated rings. The van der Waals surface area contributed by atoms with Crippen LogP contribution in [0.4, 0.5) is 11.6 Å². The summed E-state index contributed by atoms with van der Waals surface area (Å²) in [5.41, 5.74) is 2.56. The Morgan fingerprint density at radius 2 is 1.71 bits per heavy atom. The first-order chi connectivity index (χ1) is 10.1. The van der Waals surface area contributed by atoms with Crippen LogP contribution in [0.5, 0.6) is 0 Å². The standard InChI is InChI=1S/C15H16N4O2/c1-3-11-7-4-6-10(2)12(11)18-13(20)14(21)19-15-16-8-5-9-17-15/h4-9H,3H2,1-2H3,(H,18,20)(H,16,17,19,21). The lowest BCUT2D eigenvalue weighted by Crippen LogP contribution is -2.30. The van der Waals surface area contributed by atoms with E-state index in [4.69, 9.17) is 0 Å². The Hall–Kier alpha value is -2.76. The molecule has 0 aliphatic rings. The lowest BCUT2D eigenvalue weighted by Gasteiger charge is -2.12. The molecule has 1 aromatic carbocycles. The highest BCUT2D eigenvalue weighted by atomic mass is 16.2. The van der Waals surface area contributed by atoms with Crippen molar-refractivity contribution < 1.29 is 9.59 Å². The summed E-state index contributed by atoms with van der Waals surface area (Å²) in [6.45, 7) is 3.87. The number of hydrogen-bond acceptors (Lipinski definition) is 4. The predicted octanol–water partition coefficient (Wildman–Crippen LogP) is 1.92. The number of benzene rings is 1. The molecule has 6 nitrogen and oxygen atoms in total. The second-order valence-electron chi connectivity index (χ2n) is 4.44. The monoisotopic (exact) mass is 284 g/mol. The maximum Gasteiger partial charge on any atom is 0.316 e. The molecular formula is C15H16N4O2. The summed E-state index contributed by atoms with van der Waals surface area (Å²) in [4.78, 5) is 31.5. The van der Waals surface area contributed by atoms with E-state index in [9.17, 15) is 9.59 Å². The molecule has 2 aromatic rings. The zero-order chi connectivity index (χ0) is 15.2. The number of para-hydroxylation sites is 1. The molecule has 2 N–H and O–H groups in total. The average Bonchev–Trinajstić information content (AvgIpc) is 2.50. The molecule has 6 heteroatoms. The Kier molecular flexibility index (Phi) is 4.61. The number of nitrogens with zero attached hydrogens (tertiary/aromatic N) is 2. The van der Waals surface area contributed by atoms with Gasteiger partial charge in [-0.25, -0.2) is 9.97 Å². The van der Waals surface area contributed by atoms with E-state index in [-0.39, 0.29) is 5.95 Å². The van der Waals surface area contributed by atoms with E-state index in [2.05, 4.69) is 20.6 Å². The van der Waals surface area contributed by atoms with Gasteiger partial charge >= 0.3 is 11.8 Å². The van der Waals surface area contributed by atoms with Crippen molar-refractivity contribution in [3.63, 3.8) is 0 Å². The summed E-state index contributed by atoms with van der Waals surface area (Å²) in [6, 6.07) is 7.34. The topological polar surface area (TPSA) is 84.0 Å². The fraction of sp³-hybridized carbons (Fsp3) is 0.200. The van der Waals surface area contributed by atoms with Crippen LogP contribution >= 0.6 is 0 Å². The number of nitrogens with one attached hydrogen (secondary N) is 2. The largest absolute Gasteiger partial charge is 0.317 e. The van der Waals surface area contributed by atoms with Crippen LogP contribution in [0.3, 0.4) is 0 Å². The number of carbonyl (C=O) groups excluding carboxylic acids is 2. The Morgan fingerprint density at radius 3 is 2.38 bits per heavy atom. The number of rotatable bonds is 3. The quantitative estimate of drug-likeness (QED) is 0.843. The zero-order valence-corrected chi connectivity index (χ0v) is 11.9. The minimum absolute atomic E-state index is 0.0955. The second kappa shape index (κ2) is 6.60. The minimum atomic E-state index is -0.800. The van der Waals surface area contributed by atoms with E-state index in [1.54, 1.807) is 6.07 Å². The Labute approximate surface area is 122 Å². The van der Waals surface area contributed by atoms with Gasteiger partial charge in [0.05, 0.1) is 0 Å². The summed E-state index contributed by atoms with van der Waals surface area (Å²) in [7, 11) is 0. The van der Waals surface area contributed by atoms with Crippen LogP contribution in [0.1, 0.15) is 18.1 Å². The van der Waals surface area contributed by atoms with Crippen LogP contribution in [0.15, 0.2) is 36.7 Å². The van der Waals surface area contributed by atoms with Crippen LogP contribution < -0.4 is 10.6 Å². The predicted molar refractivity (Wildman–Crippen MR) is 79.8 cm³/mol. The summed E-state index contributed by atoms with van der Waals surface area (Å²) in [5, 5.41) is 4.99.